The molecule has 17 heavy (non-hydrogen) atoms. The van der Waals surface area contributed by atoms with Gasteiger partial charge in [0.25, 0.3) is 5.09 Å². The molecule has 0 saturated carbocycles. The van der Waals surface area contributed by atoms with E-state index in [1.165, 1.54) is 0 Å². The molecule has 0 rings (SSSR count). The molecule has 1 N–H and O–H groups in total. The summed E-state index contributed by atoms with van der Waals surface area (Å²) in [7, 11) is 0. The topological polar surface area (TPSA) is 92.9 Å². The lowest BCUT2D eigenvalue weighted by molar-refractivity contribution is -0.742. The molecule has 7 nitrogen and oxygen atoms in total. The maximum Gasteiger partial charge on any atom is 0.333 e. The second-order valence-corrected chi connectivity index (χ2v) is 3.18. The van der Waals surface area contributed by atoms with Gasteiger partial charge in [0.1, 0.15) is 6.61 Å². The van der Waals surface area contributed by atoms with Crippen molar-refractivity contribution >= 4 is 5.97 Å². The second-order valence-electron chi connectivity index (χ2n) is 3.18. The highest BCUT2D eigenvalue weighted by atomic mass is 16.9. The van der Waals surface area contributed by atoms with E-state index < -0.39 is 5.09 Å². The van der Waals surface area contributed by atoms with Gasteiger partial charge in [-0.05, 0) is 20.0 Å². The largest absolute Gasteiger partial charge is 0.461 e. The summed E-state index contributed by atoms with van der Waals surface area (Å²) in [5, 5.41) is 13.6. The summed E-state index contributed by atoms with van der Waals surface area (Å²) in [5.41, 5.74) is 0.458. The SMILES string of the molecule is C=C(C)C(=O)OCCN(CC)CC.O=[N+]([O-])O. The van der Waals surface area contributed by atoms with Crippen LogP contribution in [0.3, 0.4) is 0 Å². The molecular formula is C10H20N2O5. The predicted molar refractivity (Wildman–Crippen MR) is 62.3 cm³/mol. The van der Waals surface area contributed by atoms with Crippen molar-refractivity contribution in [2.45, 2.75) is 20.8 Å². The van der Waals surface area contributed by atoms with Gasteiger partial charge in [-0.3, -0.25) is 0 Å². The zero-order valence-electron chi connectivity index (χ0n) is 10.5. The summed E-state index contributed by atoms with van der Waals surface area (Å²) in [6.07, 6.45) is 0. The molecule has 0 aliphatic carbocycles. The van der Waals surface area contributed by atoms with E-state index in [-0.39, 0.29) is 5.97 Å². The first-order valence-electron chi connectivity index (χ1n) is 5.23. The molecule has 7 heteroatoms. The fraction of sp³-hybridized carbons (Fsp3) is 0.700. The van der Waals surface area contributed by atoms with Crippen LogP contribution in [-0.4, -0.2) is 47.4 Å². The number of esters is 1. The number of carbonyl (C=O) groups excluding carboxylic acids is 1. The lowest BCUT2D eigenvalue weighted by atomic mass is 10.4. The molecule has 0 amide bonds. The Morgan fingerprint density at radius 2 is 1.88 bits per heavy atom. The molecule has 0 radical (unpaired) electrons. The van der Waals surface area contributed by atoms with Crippen LogP contribution in [0.25, 0.3) is 0 Å². The van der Waals surface area contributed by atoms with Crippen molar-refractivity contribution in [3.05, 3.63) is 22.3 Å². The van der Waals surface area contributed by atoms with Crippen LogP contribution in [-0.2, 0) is 9.53 Å². The van der Waals surface area contributed by atoms with Crippen LogP contribution in [0.5, 0.6) is 0 Å². The highest BCUT2D eigenvalue weighted by molar-refractivity contribution is 5.86. The Labute approximate surface area is 101 Å². The molecule has 0 aliphatic rings. The van der Waals surface area contributed by atoms with Gasteiger partial charge in [0, 0.05) is 12.1 Å². The number of rotatable bonds is 6. The van der Waals surface area contributed by atoms with Gasteiger partial charge in [0.15, 0.2) is 0 Å². The average molecular weight is 248 g/mol. The minimum atomic E-state index is -1.50. The Bertz CT molecular complexity index is 247. The molecule has 0 aromatic carbocycles. The van der Waals surface area contributed by atoms with Gasteiger partial charge >= 0.3 is 5.97 Å². The Balaban J connectivity index is 0. The number of hydrogen-bond donors (Lipinski definition) is 1. The number of hydrogen-bond acceptors (Lipinski definition) is 5. The van der Waals surface area contributed by atoms with E-state index in [9.17, 15) is 4.79 Å². The van der Waals surface area contributed by atoms with E-state index >= 15 is 0 Å². The highest BCUT2D eigenvalue weighted by Crippen LogP contribution is 1.93. The van der Waals surface area contributed by atoms with E-state index in [1.807, 2.05) is 0 Å². The van der Waals surface area contributed by atoms with Crippen molar-refractivity contribution in [3.8, 4) is 0 Å². The highest BCUT2D eigenvalue weighted by Gasteiger charge is 2.04. The smallest absolute Gasteiger partial charge is 0.333 e. The zero-order chi connectivity index (χ0) is 13.8. The van der Waals surface area contributed by atoms with Crippen molar-refractivity contribution in [1.29, 1.82) is 0 Å². The Morgan fingerprint density at radius 3 is 2.18 bits per heavy atom. The second kappa shape index (κ2) is 10.9. The maximum absolute atomic E-state index is 11.0. The van der Waals surface area contributed by atoms with E-state index in [2.05, 4.69) is 25.3 Å². The van der Waals surface area contributed by atoms with Crippen LogP contribution in [0, 0.1) is 10.1 Å². The van der Waals surface area contributed by atoms with Gasteiger partial charge in [-0.25, -0.2) is 4.79 Å². The first-order valence-corrected chi connectivity index (χ1v) is 5.23. The van der Waals surface area contributed by atoms with Crippen LogP contribution >= 0.6 is 0 Å². The van der Waals surface area contributed by atoms with Crippen molar-refractivity contribution in [1.82, 2.24) is 4.90 Å². The third-order valence-corrected chi connectivity index (χ3v) is 1.88. The maximum atomic E-state index is 11.0. The molecule has 0 aromatic heterocycles. The van der Waals surface area contributed by atoms with Crippen LogP contribution in [0.2, 0.25) is 0 Å². The number of nitrogens with zero attached hydrogens (tertiary/aromatic N) is 2. The summed E-state index contributed by atoms with van der Waals surface area (Å²) in [4.78, 5) is 21.5. The summed E-state index contributed by atoms with van der Waals surface area (Å²) in [6.45, 7) is 12.6. The fourth-order valence-corrected chi connectivity index (χ4v) is 0.930. The standard InChI is InChI=1S/C10H19NO2.HNO3/c1-5-11(6-2)7-8-13-10(12)9(3)4;2-1(3)4/h3,5-8H2,1-2,4H3;(H,2,3,4). The number of carbonyl (C=O) groups is 1. The molecule has 0 aliphatic heterocycles. The number of likely N-dealkylation sites (N-methyl/N-ethyl adjacent to an activating group) is 1. The minimum Gasteiger partial charge on any atom is -0.461 e. The normalized spacial score (nSPS) is 9.18. The Kier molecular flexibility index (Phi) is 11.4. The average Bonchev–Trinajstić information content (AvgIpc) is 2.23. The lowest BCUT2D eigenvalue weighted by Gasteiger charge is -2.17. The lowest BCUT2D eigenvalue weighted by Crippen LogP contribution is -2.27. The van der Waals surface area contributed by atoms with Gasteiger partial charge in [0.2, 0.25) is 0 Å². The van der Waals surface area contributed by atoms with Crippen molar-refractivity contribution in [3.63, 3.8) is 0 Å². The van der Waals surface area contributed by atoms with E-state index in [0.717, 1.165) is 19.6 Å². The molecule has 0 saturated heterocycles. The quantitative estimate of drug-likeness (QED) is 0.327. The number of ether oxygens (including phenoxy) is 1. The molecule has 0 fully saturated rings. The van der Waals surface area contributed by atoms with E-state index in [0.29, 0.717) is 12.2 Å². The van der Waals surface area contributed by atoms with Crippen molar-refractivity contribution < 1.29 is 19.8 Å². The summed E-state index contributed by atoms with van der Waals surface area (Å²) >= 11 is 0. The molecular weight excluding hydrogens is 228 g/mol. The molecule has 0 spiro atoms. The molecule has 100 valence electrons. The van der Waals surface area contributed by atoms with Crippen LogP contribution in [0.15, 0.2) is 12.2 Å². The summed E-state index contributed by atoms with van der Waals surface area (Å²) in [5.74, 6) is -0.299. The molecule has 0 bridgehead atoms. The van der Waals surface area contributed by atoms with Crippen molar-refractivity contribution in [2.75, 3.05) is 26.2 Å². The first kappa shape index (κ1) is 17.8. The van der Waals surface area contributed by atoms with Crippen LogP contribution in [0.1, 0.15) is 20.8 Å². The molecule has 0 aromatic rings. The zero-order valence-corrected chi connectivity index (χ0v) is 10.5. The predicted octanol–water partition coefficient (Wildman–Crippen LogP) is 1.10. The van der Waals surface area contributed by atoms with Crippen LogP contribution in [0.4, 0.5) is 0 Å². The van der Waals surface area contributed by atoms with E-state index in [1.54, 1.807) is 6.92 Å². The van der Waals surface area contributed by atoms with Gasteiger partial charge in [-0.15, -0.1) is 10.1 Å². The van der Waals surface area contributed by atoms with Crippen molar-refractivity contribution in [2.24, 2.45) is 0 Å². The van der Waals surface area contributed by atoms with E-state index in [4.69, 9.17) is 20.1 Å². The Hall–Kier alpha value is -1.63. The summed E-state index contributed by atoms with van der Waals surface area (Å²) in [6, 6.07) is 0. The summed E-state index contributed by atoms with van der Waals surface area (Å²) < 4.78 is 4.96. The third kappa shape index (κ3) is 14.4. The minimum absolute atomic E-state index is 0.299. The molecule has 0 atom stereocenters. The first-order chi connectivity index (χ1) is 7.84. The third-order valence-electron chi connectivity index (χ3n) is 1.88. The van der Waals surface area contributed by atoms with Gasteiger partial charge in [0.05, 0.1) is 0 Å². The Morgan fingerprint density at radius 1 is 1.47 bits per heavy atom. The molecule has 0 heterocycles. The van der Waals surface area contributed by atoms with Gasteiger partial charge < -0.3 is 14.8 Å². The fourth-order valence-electron chi connectivity index (χ4n) is 0.930. The van der Waals surface area contributed by atoms with Gasteiger partial charge in [-0.2, -0.15) is 0 Å². The van der Waals surface area contributed by atoms with Gasteiger partial charge in [-0.1, -0.05) is 20.4 Å². The van der Waals surface area contributed by atoms with Crippen LogP contribution < -0.4 is 0 Å². The molecule has 0 unspecified atom stereocenters. The monoisotopic (exact) mass is 248 g/mol.